The highest BCUT2D eigenvalue weighted by atomic mass is 32.2. The number of nitrogens with one attached hydrogen (secondary N) is 8. The molecule has 0 saturated carbocycles. The fourth-order valence-electron chi connectivity index (χ4n) is 11.0. The number of thioether (sulfide) groups is 1. The lowest BCUT2D eigenvalue weighted by Crippen LogP contribution is -2.60. The maximum Gasteiger partial charge on any atom is 0.245 e. The number of benzene rings is 2. The zero-order chi connectivity index (χ0) is 70.1. The number of nitrogens with two attached hydrogens (primary N) is 7. The summed E-state index contributed by atoms with van der Waals surface area (Å²) in [6.07, 6.45) is 3.12. The predicted molar refractivity (Wildman–Crippen MR) is 356 cm³/mol. The number of likely N-dealkylation sites (tertiary alicyclic amines) is 2. The van der Waals surface area contributed by atoms with Gasteiger partial charge in [0.05, 0.1) is 12.6 Å². The first-order chi connectivity index (χ1) is 45.2. The van der Waals surface area contributed by atoms with Crippen molar-refractivity contribution in [3.05, 3.63) is 71.8 Å². The highest BCUT2D eigenvalue weighted by Crippen LogP contribution is 2.24. The lowest BCUT2D eigenvalue weighted by Gasteiger charge is -2.32. The summed E-state index contributed by atoms with van der Waals surface area (Å²) >= 11 is 1.45. The number of amides is 13. The smallest absolute Gasteiger partial charge is 0.245 e. The first-order valence-corrected chi connectivity index (χ1v) is 33.6. The van der Waals surface area contributed by atoms with Crippen molar-refractivity contribution >= 4 is 94.5 Å². The van der Waals surface area contributed by atoms with E-state index in [0.29, 0.717) is 55.4 Å². The Bertz CT molecular complexity index is 2960. The summed E-state index contributed by atoms with van der Waals surface area (Å²) in [6.45, 7) is 3.86. The van der Waals surface area contributed by atoms with Gasteiger partial charge in [-0.1, -0.05) is 74.5 Å². The molecule has 95 heavy (non-hydrogen) atoms. The van der Waals surface area contributed by atoms with Crippen LogP contribution in [0.1, 0.15) is 121 Å². The zero-order valence-corrected chi connectivity index (χ0v) is 55.3. The minimum Gasteiger partial charge on any atom is -0.370 e. The standard InChI is InChI=1S/C63H98N18O13S/c1-37(2)33-45(57(89)74-41(53(68)85)27-32-95-3)73-52(84)36-72-54(86)46(34-38-15-6-4-7-16-38)78-58(90)47(35-39-17-8-5-9-18-39)79-56(88)42(23-25-50(66)82)75-55(87)43(24-26-51(67)83)76-59(91)49-22-14-31-81(49)62(94)44(20-10-11-28-64)77-60(92)48-21-13-30-80(48)61(93)40(65)19-12-29-71-63(69)70/h4-9,15-18,37,40-49H,10-14,19-36,64-65H2,1-3H3,(H2,66,82)(H2,67,83)(H2,68,85)(H,72,86)(H,73,84)(H,74,89)(H,75,87)(H,76,91)(H,77,92)(H,78,90)(H,79,88)(H4,69,70,71)/t40-,41+,42+,43+,44-,45+,46-,47+,48-,49+/m1/s1. The lowest BCUT2D eigenvalue weighted by atomic mass is 10.0. The maximum atomic E-state index is 14.7. The minimum absolute atomic E-state index is 0.0736. The number of primary amides is 3. The molecule has 13 amide bonds. The normalized spacial score (nSPS) is 16.8. The largest absolute Gasteiger partial charge is 0.370 e. The summed E-state index contributed by atoms with van der Waals surface area (Å²) in [4.78, 5) is 185. The molecule has 0 aromatic heterocycles. The van der Waals surface area contributed by atoms with Crippen LogP contribution in [0.25, 0.3) is 0 Å². The van der Waals surface area contributed by atoms with Crippen LogP contribution in [0.4, 0.5) is 0 Å². The lowest BCUT2D eigenvalue weighted by molar-refractivity contribution is -0.144. The Kier molecular flexibility index (Phi) is 33.9. The summed E-state index contributed by atoms with van der Waals surface area (Å²) < 4.78 is 0. The van der Waals surface area contributed by atoms with Crippen LogP contribution in [-0.4, -0.2) is 198 Å². The van der Waals surface area contributed by atoms with E-state index in [-0.39, 0.29) is 83.0 Å². The van der Waals surface area contributed by atoms with Gasteiger partial charge in [0.1, 0.15) is 54.4 Å². The van der Waals surface area contributed by atoms with E-state index in [0.717, 1.165) is 0 Å². The Balaban J connectivity index is 1.56. The van der Waals surface area contributed by atoms with E-state index in [1.54, 1.807) is 60.7 Å². The molecular weight excluding hydrogens is 1250 g/mol. The molecule has 0 radical (unpaired) electrons. The highest BCUT2D eigenvalue weighted by molar-refractivity contribution is 7.98. The van der Waals surface area contributed by atoms with E-state index < -0.39 is 169 Å². The average Bonchev–Trinajstić information content (AvgIpc) is 1.74. The van der Waals surface area contributed by atoms with Crippen LogP contribution in [0.3, 0.4) is 0 Å². The molecule has 10 atom stereocenters. The van der Waals surface area contributed by atoms with Crippen LogP contribution in [-0.2, 0) is 75.2 Å². The number of unbranched alkanes of at least 4 members (excludes halogenated alkanes) is 1. The Hall–Kier alpha value is -8.91. The third-order valence-corrected chi connectivity index (χ3v) is 16.7. The fourth-order valence-corrected chi connectivity index (χ4v) is 11.5. The number of hydrogen-bond acceptors (Lipinski definition) is 17. The van der Waals surface area contributed by atoms with Gasteiger partial charge < -0.3 is 92.5 Å². The maximum absolute atomic E-state index is 14.7. The van der Waals surface area contributed by atoms with Crippen molar-refractivity contribution in [2.24, 2.45) is 51.0 Å². The van der Waals surface area contributed by atoms with Gasteiger partial charge in [-0.05, 0) is 119 Å². The van der Waals surface area contributed by atoms with Crippen molar-refractivity contribution in [1.82, 2.24) is 52.3 Å². The molecule has 2 aromatic carbocycles. The van der Waals surface area contributed by atoms with Crippen molar-refractivity contribution < 1.29 is 62.3 Å². The number of rotatable bonds is 42. The molecule has 2 aromatic rings. The van der Waals surface area contributed by atoms with Gasteiger partial charge in [0.2, 0.25) is 76.8 Å². The molecule has 4 rings (SSSR count). The number of carbonyl (C=O) groups is 13. The van der Waals surface area contributed by atoms with Crippen LogP contribution >= 0.6 is 11.8 Å². The van der Waals surface area contributed by atoms with E-state index in [2.05, 4.69) is 47.5 Å². The average molecular weight is 1350 g/mol. The molecule has 22 N–H and O–H groups in total. The Morgan fingerprint density at radius 1 is 0.537 bits per heavy atom. The van der Waals surface area contributed by atoms with Crippen LogP contribution < -0.4 is 82.7 Å². The van der Waals surface area contributed by atoms with E-state index in [4.69, 9.17) is 40.1 Å². The van der Waals surface area contributed by atoms with Gasteiger partial charge in [-0.25, -0.2) is 0 Å². The van der Waals surface area contributed by atoms with Gasteiger partial charge in [-0.15, -0.1) is 0 Å². The van der Waals surface area contributed by atoms with Crippen LogP contribution in [0.15, 0.2) is 65.7 Å². The number of guanidine groups is 1. The molecule has 2 heterocycles. The molecule has 0 bridgehead atoms. The van der Waals surface area contributed by atoms with Crippen molar-refractivity contribution in [2.45, 2.75) is 183 Å². The second kappa shape index (κ2) is 41.0. The molecule has 524 valence electrons. The topological polar surface area (TPSA) is 519 Å². The SMILES string of the molecule is CSCC[C@H](NC(=O)[C@H](CC(C)C)NC(=O)CNC(=O)[C@@H](Cc1ccccc1)NC(=O)[C@H](Cc1ccccc1)NC(=O)[C@H](CCC(N)=O)NC(=O)[C@H](CCC(N)=O)NC(=O)[C@@H]1CCCN1C(=O)[C@@H](CCCCN)NC(=O)[C@H]1CCCN1C(=O)[C@H](N)CCCN=C(N)N)C(N)=O. The first kappa shape index (κ1) is 78.5. The summed E-state index contributed by atoms with van der Waals surface area (Å²) in [5, 5.41) is 21.1. The van der Waals surface area contributed by atoms with Crippen LogP contribution in [0, 0.1) is 5.92 Å². The Labute approximate surface area is 558 Å². The third-order valence-electron chi connectivity index (χ3n) is 16.0. The molecule has 0 aliphatic carbocycles. The van der Waals surface area contributed by atoms with Crippen molar-refractivity contribution in [2.75, 3.05) is 44.7 Å². The number of aliphatic imine (C=N–C) groups is 1. The molecule has 2 aliphatic rings. The predicted octanol–water partition coefficient (Wildman–Crippen LogP) is -3.71. The first-order valence-electron chi connectivity index (χ1n) is 32.2. The molecule has 0 unspecified atom stereocenters. The molecule has 32 heteroatoms. The van der Waals surface area contributed by atoms with Gasteiger partial charge in [-0.2, -0.15) is 11.8 Å². The summed E-state index contributed by atoms with van der Waals surface area (Å²) in [5.74, 6) is -9.80. The fraction of sp³-hybridized carbons (Fsp3) is 0.587. The van der Waals surface area contributed by atoms with Crippen LogP contribution in [0.2, 0.25) is 0 Å². The summed E-state index contributed by atoms with van der Waals surface area (Å²) in [7, 11) is 0. The van der Waals surface area contributed by atoms with Gasteiger partial charge in [0.15, 0.2) is 5.96 Å². The van der Waals surface area contributed by atoms with Gasteiger partial charge >= 0.3 is 0 Å². The Morgan fingerprint density at radius 3 is 1.51 bits per heavy atom. The summed E-state index contributed by atoms with van der Waals surface area (Å²) in [5.41, 5.74) is 40.6. The quantitative estimate of drug-likeness (QED) is 0.0173. The number of nitrogens with zero attached hydrogens (tertiary/aromatic N) is 3. The Morgan fingerprint density at radius 2 is 1.01 bits per heavy atom. The van der Waals surface area contributed by atoms with E-state index in [1.807, 2.05) is 20.1 Å². The third kappa shape index (κ3) is 27.5. The van der Waals surface area contributed by atoms with E-state index in [1.165, 1.54) is 21.6 Å². The minimum atomic E-state index is -1.64. The molecule has 31 nitrogen and oxygen atoms in total. The zero-order valence-electron chi connectivity index (χ0n) is 54.5. The highest BCUT2D eigenvalue weighted by Gasteiger charge is 2.42. The van der Waals surface area contributed by atoms with E-state index in [9.17, 15) is 62.3 Å². The summed E-state index contributed by atoms with van der Waals surface area (Å²) in [6, 6.07) is 4.51. The molecular formula is C63H98N18O13S. The van der Waals surface area contributed by atoms with E-state index >= 15 is 0 Å². The van der Waals surface area contributed by atoms with Gasteiger partial charge in [0, 0.05) is 45.3 Å². The second-order valence-electron chi connectivity index (χ2n) is 24.1. The van der Waals surface area contributed by atoms with Crippen LogP contribution in [0.5, 0.6) is 0 Å². The number of carbonyl (C=O) groups excluding carboxylic acids is 13. The van der Waals surface area contributed by atoms with Crippen molar-refractivity contribution in [3.8, 4) is 0 Å². The molecule has 0 spiro atoms. The van der Waals surface area contributed by atoms with Crippen molar-refractivity contribution in [3.63, 3.8) is 0 Å². The number of hydrogen-bond donors (Lipinski definition) is 15. The molecule has 2 saturated heterocycles. The van der Waals surface area contributed by atoms with Crippen molar-refractivity contribution in [1.29, 1.82) is 0 Å². The monoisotopic (exact) mass is 1350 g/mol. The van der Waals surface area contributed by atoms with Gasteiger partial charge in [-0.3, -0.25) is 67.3 Å². The molecule has 2 aliphatic heterocycles. The molecule has 2 fully saturated rings. The second-order valence-corrected chi connectivity index (χ2v) is 25.1. The van der Waals surface area contributed by atoms with Gasteiger partial charge in [0.25, 0.3) is 0 Å².